The van der Waals surface area contributed by atoms with E-state index < -0.39 is 0 Å². The third-order valence-electron chi connectivity index (χ3n) is 6.04. The van der Waals surface area contributed by atoms with Crippen LogP contribution in [0.3, 0.4) is 0 Å². The highest BCUT2D eigenvalue weighted by Crippen LogP contribution is 2.45. The number of piperazine rings is 1. The number of nitrogens with zero attached hydrogens (tertiary/aromatic N) is 3. The maximum atomic E-state index is 4.35. The highest BCUT2D eigenvalue weighted by Gasteiger charge is 2.49. The van der Waals surface area contributed by atoms with Gasteiger partial charge in [-0.1, -0.05) is 0 Å². The molecule has 2 unspecified atom stereocenters. The first kappa shape index (κ1) is 13.8. The van der Waals surface area contributed by atoms with E-state index in [2.05, 4.69) is 39.8 Å². The summed E-state index contributed by atoms with van der Waals surface area (Å²) in [4.78, 5) is 7.14. The Bertz CT molecular complexity index is 503. The molecule has 3 fully saturated rings. The average molecular weight is 288 g/mol. The first-order valence-corrected chi connectivity index (χ1v) is 8.63. The monoisotopic (exact) mass is 288 g/mol. The second-order valence-corrected chi connectivity index (χ2v) is 7.57. The summed E-state index contributed by atoms with van der Waals surface area (Å²) in [7, 11) is 0. The van der Waals surface area contributed by atoms with Crippen molar-refractivity contribution in [2.24, 2.45) is 11.8 Å². The van der Waals surface area contributed by atoms with Crippen LogP contribution in [0.4, 0.5) is 0 Å². The molecule has 0 amide bonds. The molecule has 1 N–H and O–H groups in total. The molecule has 4 nitrogen and oxygen atoms in total. The predicted molar refractivity (Wildman–Crippen MR) is 84.2 cm³/mol. The summed E-state index contributed by atoms with van der Waals surface area (Å²) in [5.41, 5.74) is 0.375. The SMILES string of the molecule is Cc1nccn1CCN1CC(C2CC2)NCC1(C)C1CC1. The lowest BCUT2D eigenvalue weighted by atomic mass is 9.88. The van der Waals surface area contributed by atoms with Crippen LogP contribution in [-0.2, 0) is 6.54 Å². The van der Waals surface area contributed by atoms with Gasteiger partial charge in [-0.25, -0.2) is 4.98 Å². The average Bonchev–Trinajstić information content (AvgIpc) is 3.37. The van der Waals surface area contributed by atoms with Crippen molar-refractivity contribution in [3.63, 3.8) is 0 Å². The summed E-state index contributed by atoms with van der Waals surface area (Å²) in [5, 5.41) is 3.87. The Morgan fingerprint density at radius 1 is 1.29 bits per heavy atom. The predicted octanol–water partition coefficient (Wildman–Crippen LogP) is 2.04. The van der Waals surface area contributed by atoms with Crippen molar-refractivity contribution >= 4 is 0 Å². The Morgan fingerprint density at radius 2 is 2.10 bits per heavy atom. The van der Waals surface area contributed by atoms with Crippen molar-refractivity contribution in [2.45, 2.75) is 57.7 Å². The molecule has 1 saturated heterocycles. The van der Waals surface area contributed by atoms with Crippen molar-refractivity contribution < 1.29 is 0 Å². The van der Waals surface area contributed by atoms with Gasteiger partial charge in [0.05, 0.1) is 0 Å². The van der Waals surface area contributed by atoms with Crippen LogP contribution in [0, 0.1) is 18.8 Å². The molecule has 0 spiro atoms. The Balaban J connectivity index is 1.46. The van der Waals surface area contributed by atoms with Crippen LogP contribution >= 0.6 is 0 Å². The van der Waals surface area contributed by atoms with Gasteiger partial charge >= 0.3 is 0 Å². The lowest BCUT2D eigenvalue weighted by Gasteiger charge is -2.49. The van der Waals surface area contributed by atoms with Gasteiger partial charge in [0.25, 0.3) is 0 Å². The minimum atomic E-state index is 0.375. The first-order chi connectivity index (χ1) is 10.2. The van der Waals surface area contributed by atoms with Crippen molar-refractivity contribution in [2.75, 3.05) is 19.6 Å². The van der Waals surface area contributed by atoms with Gasteiger partial charge < -0.3 is 9.88 Å². The van der Waals surface area contributed by atoms with Gasteiger partial charge in [-0.05, 0) is 51.4 Å². The summed E-state index contributed by atoms with van der Waals surface area (Å²) in [6.07, 6.45) is 9.75. The van der Waals surface area contributed by atoms with Crippen molar-refractivity contribution in [3.05, 3.63) is 18.2 Å². The smallest absolute Gasteiger partial charge is 0.105 e. The number of aromatic nitrogens is 2. The summed E-state index contributed by atoms with van der Waals surface area (Å²) < 4.78 is 2.29. The molecule has 1 aliphatic heterocycles. The number of hydrogen-bond acceptors (Lipinski definition) is 3. The maximum absolute atomic E-state index is 4.35. The Kier molecular flexibility index (Phi) is 3.34. The van der Waals surface area contributed by atoms with Gasteiger partial charge in [0.1, 0.15) is 5.82 Å². The van der Waals surface area contributed by atoms with E-state index in [4.69, 9.17) is 0 Å². The molecule has 0 bridgehead atoms. The minimum Gasteiger partial charge on any atom is -0.334 e. The lowest BCUT2D eigenvalue weighted by molar-refractivity contribution is 0.0276. The zero-order valence-corrected chi connectivity index (χ0v) is 13.4. The van der Waals surface area contributed by atoms with Crippen molar-refractivity contribution in [1.29, 1.82) is 0 Å². The quantitative estimate of drug-likeness (QED) is 0.900. The zero-order chi connectivity index (χ0) is 14.4. The number of hydrogen-bond donors (Lipinski definition) is 1. The highest BCUT2D eigenvalue weighted by molar-refractivity contribution is 5.07. The first-order valence-electron chi connectivity index (χ1n) is 8.63. The molecule has 2 saturated carbocycles. The van der Waals surface area contributed by atoms with E-state index in [1.807, 2.05) is 6.20 Å². The third kappa shape index (κ3) is 2.64. The number of rotatable bonds is 5. The maximum Gasteiger partial charge on any atom is 0.105 e. The van der Waals surface area contributed by atoms with Gasteiger partial charge in [-0.15, -0.1) is 0 Å². The highest BCUT2D eigenvalue weighted by atomic mass is 15.3. The fourth-order valence-corrected chi connectivity index (χ4v) is 4.10. The molecule has 116 valence electrons. The van der Waals surface area contributed by atoms with Gasteiger partial charge in [0, 0.05) is 50.2 Å². The van der Waals surface area contributed by atoms with Gasteiger partial charge in [0.2, 0.25) is 0 Å². The van der Waals surface area contributed by atoms with Crippen molar-refractivity contribution in [3.8, 4) is 0 Å². The van der Waals surface area contributed by atoms with E-state index in [0.717, 1.165) is 36.8 Å². The van der Waals surface area contributed by atoms with Crippen molar-refractivity contribution in [1.82, 2.24) is 19.8 Å². The van der Waals surface area contributed by atoms with Gasteiger partial charge in [0.15, 0.2) is 0 Å². The molecule has 21 heavy (non-hydrogen) atoms. The van der Waals surface area contributed by atoms with Crippen LogP contribution in [0.25, 0.3) is 0 Å². The van der Waals surface area contributed by atoms with E-state index in [0.29, 0.717) is 5.54 Å². The molecule has 2 aliphatic carbocycles. The fraction of sp³-hybridized carbons (Fsp3) is 0.824. The van der Waals surface area contributed by atoms with Crippen LogP contribution < -0.4 is 5.32 Å². The Hall–Kier alpha value is -0.870. The van der Waals surface area contributed by atoms with Crippen LogP contribution in [0.15, 0.2) is 12.4 Å². The lowest BCUT2D eigenvalue weighted by Crippen LogP contribution is -2.65. The summed E-state index contributed by atoms with van der Waals surface area (Å²) in [5.74, 6) is 3.00. The number of imidazole rings is 1. The molecule has 4 heteroatoms. The molecule has 3 aliphatic rings. The second kappa shape index (κ2) is 5.10. The topological polar surface area (TPSA) is 33.1 Å². The van der Waals surface area contributed by atoms with Crippen LogP contribution in [0.5, 0.6) is 0 Å². The van der Waals surface area contributed by atoms with E-state index in [1.165, 1.54) is 38.8 Å². The normalized spacial score (nSPS) is 34.3. The number of nitrogens with one attached hydrogen (secondary N) is 1. The van der Waals surface area contributed by atoms with Gasteiger partial charge in [-0.2, -0.15) is 0 Å². The molecule has 1 aromatic heterocycles. The van der Waals surface area contributed by atoms with Gasteiger partial charge in [-0.3, -0.25) is 4.90 Å². The van der Waals surface area contributed by atoms with E-state index >= 15 is 0 Å². The summed E-state index contributed by atoms with van der Waals surface area (Å²) in [6, 6.07) is 0.737. The standard InChI is InChI=1S/C17H28N4/c1-13-18-7-8-20(13)9-10-21-11-16(14-3-4-14)19-12-17(21,2)15-5-6-15/h7-8,14-16,19H,3-6,9-12H2,1-2H3. The Morgan fingerprint density at radius 3 is 2.71 bits per heavy atom. The van der Waals surface area contributed by atoms with Crippen LogP contribution in [0.2, 0.25) is 0 Å². The molecular weight excluding hydrogens is 260 g/mol. The third-order valence-corrected chi connectivity index (χ3v) is 6.04. The molecule has 0 aromatic carbocycles. The summed E-state index contributed by atoms with van der Waals surface area (Å²) >= 11 is 0. The molecule has 1 aromatic rings. The Labute approximate surface area is 127 Å². The molecule has 2 atom stereocenters. The zero-order valence-electron chi connectivity index (χ0n) is 13.4. The minimum absolute atomic E-state index is 0.375. The van der Waals surface area contributed by atoms with Crippen LogP contribution in [-0.4, -0.2) is 45.7 Å². The number of aryl methyl sites for hydroxylation is 1. The molecule has 0 radical (unpaired) electrons. The van der Waals surface area contributed by atoms with E-state index in [1.54, 1.807) is 0 Å². The summed E-state index contributed by atoms with van der Waals surface area (Å²) in [6.45, 7) is 9.25. The van der Waals surface area contributed by atoms with E-state index in [9.17, 15) is 0 Å². The molecular formula is C17H28N4. The van der Waals surface area contributed by atoms with Crippen LogP contribution in [0.1, 0.15) is 38.4 Å². The molecule has 2 heterocycles. The van der Waals surface area contributed by atoms with E-state index in [-0.39, 0.29) is 0 Å². The fourth-order valence-electron chi connectivity index (χ4n) is 4.10. The second-order valence-electron chi connectivity index (χ2n) is 7.57. The molecule has 4 rings (SSSR count). The largest absolute Gasteiger partial charge is 0.334 e.